The lowest BCUT2D eigenvalue weighted by Gasteiger charge is -2.35. The first-order valence-electron chi connectivity index (χ1n) is 10.5. The van der Waals surface area contributed by atoms with E-state index >= 15 is 0 Å². The Morgan fingerprint density at radius 1 is 1.10 bits per heavy atom. The van der Waals surface area contributed by atoms with Crippen LogP contribution in [0, 0.1) is 0 Å². The van der Waals surface area contributed by atoms with Gasteiger partial charge in [0.25, 0.3) is 5.91 Å². The summed E-state index contributed by atoms with van der Waals surface area (Å²) in [4.78, 5) is 52.2. The lowest BCUT2D eigenvalue weighted by molar-refractivity contribution is -0.137. The molecule has 2 atom stereocenters. The standard InChI is InChI=1S/C21H25N5O4/c27-18-4-3-17(20(29)24-18)26-10-13-2-1-12(5-16(13)21(26)30)7-23-14-6-19(28)25(11-14)15-8-22-9-15/h1-2,5,14-15,17,22-23H,3-4,6-11H2,(H,24,27,29). The van der Waals surface area contributed by atoms with Gasteiger partial charge < -0.3 is 20.4 Å². The summed E-state index contributed by atoms with van der Waals surface area (Å²) in [7, 11) is 0. The average Bonchev–Trinajstić information content (AvgIpc) is 3.19. The van der Waals surface area contributed by atoms with Crippen LogP contribution in [0.15, 0.2) is 18.2 Å². The molecule has 4 heterocycles. The first kappa shape index (κ1) is 19.2. The molecule has 9 heteroatoms. The van der Waals surface area contributed by atoms with Gasteiger partial charge in [0.15, 0.2) is 0 Å². The quantitative estimate of drug-likeness (QED) is 0.542. The first-order chi connectivity index (χ1) is 14.5. The zero-order valence-electron chi connectivity index (χ0n) is 16.6. The summed E-state index contributed by atoms with van der Waals surface area (Å²) < 4.78 is 0. The monoisotopic (exact) mass is 411 g/mol. The van der Waals surface area contributed by atoms with Crippen molar-refractivity contribution in [3.05, 3.63) is 34.9 Å². The van der Waals surface area contributed by atoms with Crippen molar-refractivity contribution >= 4 is 23.6 Å². The van der Waals surface area contributed by atoms with E-state index < -0.39 is 11.9 Å². The molecular weight excluding hydrogens is 386 g/mol. The van der Waals surface area contributed by atoms with Crippen LogP contribution in [0.25, 0.3) is 0 Å². The lowest BCUT2D eigenvalue weighted by Crippen LogP contribution is -2.57. The van der Waals surface area contributed by atoms with E-state index in [1.54, 1.807) is 4.90 Å². The molecule has 0 aromatic heterocycles. The van der Waals surface area contributed by atoms with Crippen molar-refractivity contribution in [3.8, 4) is 0 Å². The summed E-state index contributed by atoms with van der Waals surface area (Å²) >= 11 is 0. The van der Waals surface area contributed by atoms with E-state index in [9.17, 15) is 19.2 Å². The molecule has 4 amide bonds. The second-order valence-corrected chi connectivity index (χ2v) is 8.53. The maximum atomic E-state index is 12.9. The van der Waals surface area contributed by atoms with E-state index in [1.807, 2.05) is 23.1 Å². The van der Waals surface area contributed by atoms with Gasteiger partial charge in [0.05, 0.1) is 6.04 Å². The van der Waals surface area contributed by atoms with Crippen molar-refractivity contribution in [2.24, 2.45) is 0 Å². The Labute approximate surface area is 174 Å². The zero-order valence-corrected chi connectivity index (χ0v) is 16.6. The Morgan fingerprint density at radius 2 is 1.93 bits per heavy atom. The van der Waals surface area contributed by atoms with Crippen LogP contribution in [0.3, 0.4) is 0 Å². The summed E-state index contributed by atoms with van der Waals surface area (Å²) in [6.07, 6.45) is 1.12. The highest BCUT2D eigenvalue weighted by molar-refractivity contribution is 6.05. The summed E-state index contributed by atoms with van der Waals surface area (Å²) in [6, 6.07) is 5.63. The van der Waals surface area contributed by atoms with E-state index in [-0.39, 0.29) is 30.2 Å². The van der Waals surface area contributed by atoms with Gasteiger partial charge in [-0.2, -0.15) is 0 Å². The van der Waals surface area contributed by atoms with Crippen LogP contribution in [-0.4, -0.2) is 71.2 Å². The maximum Gasteiger partial charge on any atom is 0.255 e. The molecule has 0 radical (unpaired) electrons. The minimum Gasteiger partial charge on any atom is -0.336 e. The predicted molar refractivity (Wildman–Crippen MR) is 106 cm³/mol. The normalized spacial score (nSPS) is 26.8. The summed E-state index contributed by atoms with van der Waals surface area (Å²) in [5.74, 6) is -0.651. The summed E-state index contributed by atoms with van der Waals surface area (Å²) in [5.41, 5.74) is 2.49. The fourth-order valence-corrected chi connectivity index (χ4v) is 4.69. The van der Waals surface area contributed by atoms with E-state index in [0.717, 1.165) is 30.8 Å². The number of imide groups is 1. The number of benzene rings is 1. The number of likely N-dealkylation sites (tertiary alicyclic amines) is 1. The van der Waals surface area contributed by atoms with E-state index in [0.29, 0.717) is 37.5 Å². The molecule has 0 bridgehead atoms. The highest BCUT2D eigenvalue weighted by Gasteiger charge is 2.39. The van der Waals surface area contributed by atoms with Crippen molar-refractivity contribution < 1.29 is 19.2 Å². The third-order valence-electron chi connectivity index (χ3n) is 6.55. The fourth-order valence-electron chi connectivity index (χ4n) is 4.69. The van der Waals surface area contributed by atoms with Crippen LogP contribution in [-0.2, 0) is 27.5 Å². The summed E-state index contributed by atoms with van der Waals surface area (Å²) in [5, 5.41) is 8.97. The minimum absolute atomic E-state index is 0.113. The van der Waals surface area contributed by atoms with Crippen LogP contribution in [0.4, 0.5) is 0 Å². The highest BCUT2D eigenvalue weighted by atomic mass is 16.2. The molecule has 4 aliphatic heterocycles. The second-order valence-electron chi connectivity index (χ2n) is 8.53. The number of piperidine rings is 1. The van der Waals surface area contributed by atoms with E-state index in [1.165, 1.54) is 0 Å². The molecule has 3 saturated heterocycles. The molecular formula is C21H25N5O4. The van der Waals surface area contributed by atoms with Crippen molar-refractivity contribution in [3.63, 3.8) is 0 Å². The fraction of sp³-hybridized carbons (Fsp3) is 0.524. The molecule has 9 nitrogen and oxygen atoms in total. The smallest absolute Gasteiger partial charge is 0.255 e. The Morgan fingerprint density at radius 3 is 2.67 bits per heavy atom. The largest absolute Gasteiger partial charge is 0.336 e. The predicted octanol–water partition coefficient (Wildman–Crippen LogP) is -0.890. The molecule has 158 valence electrons. The first-order valence-corrected chi connectivity index (χ1v) is 10.5. The van der Waals surface area contributed by atoms with Gasteiger partial charge in [-0.3, -0.25) is 24.5 Å². The van der Waals surface area contributed by atoms with Gasteiger partial charge in [0, 0.05) is 57.2 Å². The molecule has 0 spiro atoms. The van der Waals surface area contributed by atoms with Crippen LogP contribution in [0.1, 0.15) is 40.7 Å². The molecule has 1 aromatic carbocycles. The number of nitrogens with zero attached hydrogens (tertiary/aromatic N) is 2. The van der Waals surface area contributed by atoms with Gasteiger partial charge in [-0.1, -0.05) is 12.1 Å². The number of amides is 4. The molecule has 2 unspecified atom stereocenters. The van der Waals surface area contributed by atoms with Gasteiger partial charge in [-0.05, 0) is 23.6 Å². The molecule has 30 heavy (non-hydrogen) atoms. The Balaban J connectivity index is 1.21. The number of rotatable bonds is 5. The van der Waals surface area contributed by atoms with Crippen LogP contribution >= 0.6 is 0 Å². The van der Waals surface area contributed by atoms with Crippen molar-refractivity contribution in [1.29, 1.82) is 0 Å². The van der Waals surface area contributed by atoms with Crippen LogP contribution in [0.2, 0.25) is 0 Å². The SMILES string of the molecule is O=C1CCC(N2Cc3ccc(CNC4CC(=O)N(C5CNC5)C4)cc3C2=O)C(=O)N1. The van der Waals surface area contributed by atoms with Gasteiger partial charge in [0.1, 0.15) is 6.04 Å². The van der Waals surface area contributed by atoms with Gasteiger partial charge >= 0.3 is 0 Å². The third-order valence-corrected chi connectivity index (χ3v) is 6.55. The number of hydrogen-bond acceptors (Lipinski definition) is 6. The molecule has 4 aliphatic rings. The molecule has 3 fully saturated rings. The Kier molecular flexibility index (Phi) is 4.79. The second kappa shape index (κ2) is 7.48. The highest BCUT2D eigenvalue weighted by Crippen LogP contribution is 2.28. The van der Waals surface area contributed by atoms with Crippen molar-refractivity contribution in [1.82, 2.24) is 25.8 Å². The lowest BCUT2D eigenvalue weighted by atomic mass is 10.0. The van der Waals surface area contributed by atoms with Crippen molar-refractivity contribution in [2.75, 3.05) is 19.6 Å². The molecule has 5 rings (SSSR count). The molecule has 1 aromatic rings. The molecule has 3 N–H and O–H groups in total. The average molecular weight is 411 g/mol. The number of carbonyl (C=O) groups is 4. The number of fused-ring (bicyclic) bond motifs is 1. The van der Waals surface area contributed by atoms with Crippen LogP contribution < -0.4 is 16.0 Å². The third kappa shape index (κ3) is 3.37. The minimum atomic E-state index is -0.597. The Bertz CT molecular complexity index is 928. The summed E-state index contributed by atoms with van der Waals surface area (Å²) in [6.45, 7) is 3.42. The Hall–Kier alpha value is -2.78. The molecule has 0 saturated carbocycles. The zero-order chi connectivity index (χ0) is 20.8. The molecule has 0 aliphatic carbocycles. The maximum absolute atomic E-state index is 12.9. The number of nitrogens with one attached hydrogen (secondary N) is 3. The van der Waals surface area contributed by atoms with Gasteiger partial charge in [-0.25, -0.2) is 0 Å². The number of carbonyl (C=O) groups excluding carboxylic acids is 4. The van der Waals surface area contributed by atoms with Crippen LogP contribution in [0.5, 0.6) is 0 Å². The van der Waals surface area contributed by atoms with E-state index in [4.69, 9.17) is 0 Å². The van der Waals surface area contributed by atoms with Gasteiger partial charge in [-0.15, -0.1) is 0 Å². The van der Waals surface area contributed by atoms with Crippen molar-refractivity contribution in [2.45, 2.75) is 50.5 Å². The number of hydrogen-bond donors (Lipinski definition) is 3. The van der Waals surface area contributed by atoms with E-state index in [2.05, 4.69) is 16.0 Å². The van der Waals surface area contributed by atoms with Gasteiger partial charge in [0.2, 0.25) is 17.7 Å². The topological polar surface area (TPSA) is 111 Å².